The summed E-state index contributed by atoms with van der Waals surface area (Å²) < 4.78 is 2.07. The van der Waals surface area contributed by atoms with E-state index in [1.54, 1.807) is 7.05 Å². The molecular formula is C19H23IN4O2. The molecule has 4 rings (SSSR count). The van der Waals surface area contributed by atoms with Crippen molar-refractivity contribution >= 4 is 23.0 Å². The standard InChI is InChI=1S/C19H23N4O2.HI/c1-20-12-23(16-17(20)21(2)19(25)22(3)18(16)24)11-13-8-9-14-6-4-5-7-15(14)10-13;/h4-10,12,16-17,19,25H,11H2,1-3H3;1H/q+1;/p-1. The van der Waals surface area contributed by atoms with Gasteiger partial charge in [0.2, 0.25) is 18.5 Å². The smallest absolute Gasteiger partial charge is 0.276 e. The van der Waals surface area contributed by atoms with Gasteiger partial charge in [0.25, 0.3) is 5.91 Å². The number of fused-ring (bicyclic) bond motifs is 2. The average molecular weight is 466 g/mol. The summed E-state index contributed by atoms with van der Waals surface area (Å²) >= 11 is 0. The number of rotatable bonds is 2. The van der Waals surface area contributed by atoms with Crippen molar-refractivity contribution < 1.29 is 38.5 Å². The fraction of sp³-hybridized carbons (Fsp3) is 0.368. The third-order valence-corrected chi connectivity index (χ3v) is 5.30. The van der Waals surface area contributed by atoms with Gasteiger partial charge in [-0.15, -0.1) is 0 Å². The van der Waals surface area contributed by atoms with Crippen molar-refractivity contribution in [1.29, 1.82) is 0 Å². The fourth-order valence-electron chi connectivity index (χ4n) is 3.97. The zero-order valence-electron chi connectivity index (χ0n) is 15.1. The van der Waals surface area contributed by atoms with Crippen LogP contribution in [0.1, 0.15) is 5.56 Å². The number of halogens is 1. The summed E-state index contributed by atoms with van der Waals surface area (Å²) in [4.78, 5) is 18.0. The van der Waals surface area contributed by atoms with E-state index in [0.29, 0.717) is 6.54 Å². The number of benzene rings is 2. The molecule has 6 nitrogen and oxygen atoms in total. The van der Waals surface area contributed by atoms with Crippen LogP contribution in [0.4, 0.5) is 0 Å². The molecule has 1 N–H and O–H groups in total. The Morgan fingerprint density at radius 2 is 1.77 bits per heavy atom. The van der Waals surface area contributed by atoms with E-state index in [2.05, 4.69) is 34.9 Å². The Hall–Kier alpha value is -1.71. The van der Waals surface area contributed by atoms with Crippen molar-refractivity contribution in [3.63, 3.8) is 0 Å². The third kappa shape index (κ3) is 2.97. The predicted molar refractivity (Wildman–Crippen MR) is 95.9 cm³/mol. The van der Waals surface area contributed by atoms with Crippen LogP contribution < -0.4 is 24.0 Å². The Morgan fingerprint density at radius 1 is 1.08 bits per heavy atom. The minimum Gasteiger partial charge on any atom is -1.00 e. The zero-order valence-corrected chi connectivity index (χ0v) is 17.2. The molecule has 138 valence electrons. The van der Waals surface area contributed by atoms with Gasteiger partial charge >= 0.3 is 0 Å². The first-order valence-electron chi connectivity index (χ1n) is 8.44. The van der Waals surface area contributed by atoms with E-state index in [1.165, 1.54) is 15.7 Å². The van der Waals surface area contributed by atoms with Crippen LogP contribution in [0.25, 0.3) is 10.8 Å². The molecule has 3 unspecified atom stereocenters. The van der Waals surface area contributed by atoms with Crippen LogP contribution in [0.15, 0.2) is 42.5 Å². The second kappa shape index (κ2) is 7.13. The van der Waals surface area contributed by atoms with Crippen LogP contribution in [-0.4, -0.2) is 76.3 Å². The van der Waals surface area contributed by atoms with Gasteiger partial charge in [0.15, 0.2) is 6.35 Å². The van der Waals surface area contributed by atoms with Crippen molar-refractivity contribution in [3.8, 4) is 0 Å². The van der Waals surface area contributed by atoms with Gasteiger partial charge in [0, 0.05) is 7.05 Å². The van der Waals surface area contributed by atoms with Crippen LogP contribution in [0.2, 0.25) is 0 Å². The van der Waals surface area contributed by atoms with Gasteiger partial charge < -0.3 is 34.0 Å². The van der Waals surface area contributed by atoms with E-state index in [0.717, 1.165) is 5.56 Å². The lowest BCUT2D eigenvalue weighted by molar-refractivity contribution is -0.565. The molecule has 0 spiro atoms. The molecule has 3 atom stereocenters. The zero-order chi connectivity index (χ0) is 17.7. The summed E-state index contributed by atoms with van der Waals surface area (Å²) in [5, 5.41) is 12.7. The molecule has 2 aliphatic heterocycles. The monoisotopic (exact) mass is 466 g/mol. The first-order chi connectivity index (χ1) is 12.0. The summed E-state index contributed by atoms with van der Waals surface area (Å²) in [6.45, 7) is 0.653. The normalized spacial score (nSPS) is 25.9. The van der Waals surface area contributed by atoms with E-state index in [4.69, 9.17) is 0 Å². The van der Waals surface area contributed by atoms with E-state index >= 15 is 0 Å². The summed E-state index contributed by atoms with van der Waals surface area (Å²) in [5.41, 5.74) is 1.16. The number of aliphatic hydroxyl groups excluding tert-OH is 1. The number of aliphatic hydroxyl groups is 1. The summed E-state index contributed by atoms with van der Waals surface area (Å²) in [6, 6.07) is 14.3. The molecule has 1 amide bonds. The highest BCUT2D eigenvalue weighted by Crippen LogP contribution is 2.26. The molecule has 2 aromatic rings. The van der Waals surface area contributed by atoms with Gasteiger partial charge in [-0.1, -0.05) is 36.4 Å². The number of carbonyl (C=O) groups excluding carboxylic acids is 1. The molecule has 0 bridgehead atoms. The highest BCUT2D eigenvalue weighted by Gasteiger charge is 2.54. The van der Waals surface area contributed by atoms with Crippen LogP contribution in [0.3, 0.4) is 0 Å². The Labute approximate surface area is 170 Å². The Balaban J connectivity index is 0.00000196. The molecule has 2 heterocycles. The van der Waals surface area contributed by atoms with Gasteiger partial charge in [-0.25, -0.2) is 14.4 Å². The van der Waals surface area contributed by atoms with Crippen LogP contribution in [-0.2, 0) is 11.3 Å². The molecular weight excluding hydrogens is 443 g/mol. The molecule has 1 fully saturated rings. The van der Waals surface area contributed by atoms with Crippen molar-refractivity contribution in [3.05, 3.63) is 48.0 Å². The molecule has 0 aliphatic carbocycles. The first kappa shape index (κ1) is 19.1. The second-order valence-electron chi connectivity index (χ2n) is 6.95. The molecule has 2 aliphatic rings. The highest BCUT2D eigenvalue weighted by molar-refractivity contribution is 5.84. The maximum Gasteiger partial charge on any atom is 0.276 e. The molecule has 1 saturated heterocycles. The predicted octanol–water partition coefficient (Wildman–Crippen LogP) is -2.30. The lowest BCUT2D eigenvalue weighted by Gasteiger charge is -2.42. The Bertz CT molecular complexity index is 871. The van der Waals surface area contributed by atoms with Crippen molar-refractivity contribution in [1.82, 2.24) is 14.7 Å². The van der Waals surface area contributed by atoms with Gasteiger partial charge in [0.1, 0.15) is 6.54 Å². The molecule has 7 heteroatoms. The summed E-state index contributed by atoms with van der Waals surface area (Å²) in [7, 11) is 5.43. The number of carbonyl (C=O) groups is 1. The minimum atomic E-state index is -0.898. The lowest BCUT2D eigenvalue weighted by atomic mass is 10.1. The van der Waals surface area contributed by atoms with Crippen molar-refractivity contribution in [2.45, 2.75) is 25.1 Å². The van der Waals surface area contributed by atoms with Crippen LogP contribution in [0, 0.1) is 0 Å². The van der Waals surface area contributed by atoms with Gasteiger partial charge in [-0.3, -0.25) is 4.79 Å². The number of amides is 1. The fourth-order valence-corrected chi connectivity index (χ4v) is 3.97. The van der Waals surface area contributed by atoms with Crippen molar-refractivity contribution in [2.24, 2.45) is 0 Å². The summed E-state index contributed by atoms with van der Waals surface area (Å²) in [6.07, 6.45) is 0.912. The number of hydrogen-bond donors (Lipinski definition) is 1. The second-order valence-corrected chi connectivity index (χ2v) is 6.95. The maximum atomic E-state index is 12.8. The summed E-state index contributed by atoms with van der Waals surface area (Å²) in [5.74, 6) is -0.0583. The third-order valence-electron chi connectivity index (χ3n) is 5.30. The topological polar surface area (TPSA) is 50.0 Å². The van der Waals surface area contributed by atoms with E-state index < -0.39 is 6.35 Å². The van der Waals surface area contributed by atoms with Crippen LogP contribution >= 0.6 is 0 Å². The molecule has 0 radical (unpaired) electrons. The van der Waals surface area contributed by atoms with Crippen LogP contribution in [0.5, 0.6) is 0 Å². The minimum absolute atomic E-state index is 0. The maximum absolute atomic E-state index is 12.8. The number of hydrogen-bond acceptors (Lipinski definition) is 4. The first-order valence-corrected chi connectivity index (χ1v) is 8.44. The molecule has 26 heavy (non-hydrogen) atoms. The van der Waals surface area contributed by atoms with E-state index in [9.17, 15) is 9.90 Å². The molecule has 2 aromatic carbocycles. The Kier molecular flexibility index (Phi) is 5.23. The molecule has 0 saturated carbocycles. The van der Waals surface area contributed by atoms with E-state index in [1.807, 2.05) is 42.4 Å². The highest BCUT2D eigenvalue weighted by atomic mass is 127. The average Bonchev–Trinajstić information content (AvgIpc) is 2.94. The molecule has 0 aromatic heterocycles. The van der Waals surface area contributed by atoms with Crippen molar-refractivity contribution in [2.75, 3.05) is 21.1 Å². The number of likely N-dealkylation sites (N-methyl/N-ethyl adjacent to an activating group) is 3. The SMILES string of the molecule is CN1C=[N+](Cc2ccc3ccccc3c2)C2C(=O)N(C)C(O)N(C)C21.[I-]. The van der Waals surface area contributed by atoms with E-state index in [-0.39, 0.29) is 42.1 Å². The Morgan fingerprint density at radius 3 is 2.50 bits per heavy atom. The van der Waals surface area contributed by atoms with Gasteiger partial charge in [-0.05, 0) is 29.4 Å². The van der Waals surface area contributed by atoms with Gasteiger partial charge in [-0.2, -0.15) is 0 Å². The van der Waals surface area contributed by atoms with Gasteiger partial charge in [0.05, 0.1) is 7.05 Å². The quantitative estimate of drug-likeness (QED) is 0.400. The number of nitrogens with zero attached hydrogens (tertiary/aromatic N) is 4. The largest absolute Gasteiger partial charge is 1.00 e. The lowest BCUT2D eigenvalue weighted by Crippen LogP contribution is -3.00.